The van der Waals surface area contributed by atoms with Crippen LogP contribution >= 0.6 is 0 Å². The Balaban J connectivity index is 1.65. The van der Waals surface area contributed by atoms with Gasteiger partial charge < -0.3 is 5.32 Å². The average molecular weight is 364 g/mol. The zero-order valence-corrected chi connectivity index (χ0v) is 14.2. The average Bonchev–Trinajstić information content (AvgIpc) is 2.69. The number of nitro benzene ring substituents is 1. The standard InChI is InChI=1S/C19H16N4O4/c24-18-12-16(14-6-2-1-3-7-14)21-13-22(18)11-10-20-19(25)15-8-4-5-9-17(15)23(26)27/h1-9,12-13H,10-11H2,(H,20,25). The number of aromatic nitrogens is 2. The zero-order chi connectivity index (χ0) is 19.2. The molecule has 0 saturated heterocycles. The summed E-state index contributed by atoms with van der Waals surface area (Å²) < 4.78 is 1.37. The van der Waals surface area contributed by atoms with E-state index >= 15 is 0 Å². The van der Waals surface area contributed by atoms with Crippen molar-refractivity contribution in [3.8, 4) is 11.3 Å². The number of para-hydroxylation sites is 1. The molecule has 1 amide bonds. The highest BCUT2D eigenvalue weighted by molar-refractivity contribution is 5.98. The van der Waals surface area contributed by atoms with Crippen LogP contribution in [0.3, 0.4) is 0 Å². The number of hydrogen-bond acceptors (Lipinski definition) is 5. The summed E-state index contributed by atoms with van der Waals surface area (Å²) >= 11 is 0. The fourth-order valence-corrected chi connectivity index (χ4v) is 2.57. The van der Waals surface area contributed by atoms with Gasteiger partial charge in [0.15, 0.2) is 0 Å². The lowest BCUT2D eigenvalue weighted by atomic mass is 10.1. The van der Waals surface area contributed by atoms with Crippen molar-refractivity contribution < 1.29 is 9.72 Å². The predicted molar refractivity (Wildman–Crippen MR) is 99.4 cm³/mol. The number of benzene rings is 2. The zero-order valence-electron chi connectivity index (χ0n) is 14.2. The first-order chi connectivity index (χ1) is 13.1. The number of nitrogens with one attached hydrogen (secondary N) is 1. The highest BCUT2D eigenvalue weighted by Crippen LogP contribution is 2.17. The van der Waals surface area contributed by atoms with Crippen molar-refractivity contribution in [3.05, 3.63) is 93.0 Å². The molecular formula is C19H16N4O4. The Labute approximate surface area is 154 Å². The van der Waals surface area contributed by atoms with Crippen LogP contribution in [-0.2, 0) is 6.54 Å². The van der Waals surface area contributed by atoms with Gasteiger partial charge in [-0.3, -0.25) is 24.3 Å². The van der Waals surface area contributed by atoms with Crippen molar-refractivity contribution >= 4 is 11.6 Å². The van der Waals surface area contributed by atoms with E-state index in [2.05, 4.69) is 10.3 Å². The lowest BCUT2D eigenvalue weighted by molar-refractivity contribution is -0.385. The molecule has 1 N–H and O–H groups in total. The molecule has 1 heterocycles. The SMILES string of the molecule is O=C(NCCn1cnc(-c2ccccc2)cc1=O)c1ccccc1[N+](=O)[O-]. The molecule has 0 atom stereocenters. The summed E-state index contributed by atoms with van der Waals surface area (Å²) in [6.45, 7) is 0.338. The van der Waals surface area contributed by atoms with Gasteiger partial charge in [-0.2, -0.15) is 0 Å². The Morgan fingerprint density at radius 3 is 2.52 bits per heavy atom. The van der Waals surface area contributed by atoms with E-state index in [4.69, 9.17) is 0 Å². The molecule has 0 radical (unpaired) electrons. The number of rotatable bonds is 6. The summed E-state index contributed by atoms with van der Waals surface area (Å²) in [6, 6.07) is 16.5. The van der Waals surface area contributed by atoms with Gasteiger partial charge in [-0.15, -0.1) is 0 Å². The van der Waals surface area contributed by atoms with E-state index in [1.54, 1.807) is 6.07 Å². The summed E-state index contributed by atoms with van der Waals surface area (Å²) in [6.07, 6.45) is 1.42. The van der Waals surface area contributed by atoms with Crippen molar-refractivity contribution in [1.29, 1.82) is 0 Å². The van der Waals surface area contributed by atoms with Gasteiger partial charge in [0.05, 0.1) is 16.9 Å². The molecule has 0 spiro atoms. The molecule has 1 aromatic heterocycles. The molecule has 2 aromatic carbocycles. The second kappa shape index (κ2) is 8.05. The van der Waals surface area contributed by atoms with Gasteiger partial charge in [0.25, 0.3) is 17.2 Å². The van der Waals surface area contributed by atoms with E-state index < -0.39 is 10.8 Å². The van der Waals surface area contributed by atoms with Crippen LogP contribution in [0.4, 0.5) is 5.69 Å². The first-order valence-electron chi connectivity index (χ1n) is 8.20. The van der Waals surface area contributed by atoms with Crippen LogP contribution in [0.15, 0.2) is 71.8 Å². The number of nitro groups is 1. The quantitative estimate of drug-likeness (QED) is 0.533. The van der Waals surface area contributed by atoms with Gasteiger partial charge in [0, 0.05) is 30.8 Å². The molecule has 8 nitrogen and oxygen atoms in total. The molecular weight excluding hydrogens is 348 g/mol. The van der Waals surface area contributed by atoms with Gasteiger partial charge in [-0.05, 0) is 6.07 Å². The van der Waals surface area contributed by atoms with Gasteiger partial charge in [0.1, 0.15) is 5.56 Å². The molecule has 0 aliphatic carbocycles. The van der Waals surface area contributed by atoms with Crippen molar-refractivity contribution in [1.82, 2.24) is 14.9 Å². The van der Waals surface area contributed by atoms with Crippen molar-refractivity contribution in [2.45, 2.75) is 6.54 Å². The number of amides is 1. The minimum Gasteiger partial charge on any atom is -0.350 e. The maximum absolute atomic E-state index is 12.2. The number of carbonyl (C=O) groups is 1. The molecule has 136 valence electrons. The Kier molecular flexibility index (Phi) is 5.36. The summed E-state index contributed by atoms with van der Waals surface area (Å²) in [7, 11) is 0. The highest BCUT2D eigenvalue weighted by atomic mass is 16.6. The summed E-state index contributed by atoms with van der Waals surface area (Å²) in [5.74, 6) is -0.566. The molecule has 8 heteroatoms. The molecule has 27 heavy (non-hydrogen) atoms. The number of carbonyl (C=O) groups excluding carboxylic acids is 1. The third kappa shape index (κ3) is 4.24. The molecule has 0 unspecified atom stereocenters. The van der Waals surface area contributed by atoms with E-state index in [0.29, 0.717) is 5.69 Å². The van der Waals surface area contributed by atoms with Gasteiger partial charge in [-0.1, -0.05) is 42.5 Å². The first-order valence-corrected chi connectivity index (χ1v) is 8.20. The van der Waals surface area contributed by atoms with Crippen LogP contribution in [0, 0.1) is 10.1 Å². The molecule has 0 fully saturated rings. The van der Waals surface area contributed by atoms with Gasteiger partial charge >= 0.3 is 0 Å². The van der Waals surface area contributed by atoms with Gasteiger partial charge in [-0.25, -0.2) is 4.98 Å². The molecule has 0 aliphatic heterocycles. The van der Waals surface area contributed by atoms with Gasteiger partial charge in [0.2, 0.25) is 0 Å². The fourth-order valence-electron chi connectivity index (χ4n) is 2.57. The Bertz CT molecular complexity index is 1030. The predicted octanol–water partition coefficient (Wildman–Crippen LogP) is 2.25. The van der Waals surface area contributed by atoms with E-state index in [0.717, 1.165) is 5.56 Å². The van der Waals surface area contributed by atoms with Crippen LogP contribution in [0.5, 0.6) is 0 Å². The van der Waals surface area contributed by atoms with Crippen LogP contribution in [-0.4, -0.2) is 26.9 Å². The van der Waals surface area contributed by atoms with Crippen LogP contribution in [0.25, 0.3) is 11.3 Å². The smallest absolute Gasteiger partial charge is 0.282 e. The first kappa shape index (κ1) is 18.0. The lowest BCUT2D eigenvalue weighted by Gasteiger charge is -2.08. The number of nitrogens with zero attached hydrogens (tertiary/aromatic N) is 3. The normalized spacial score (nSPS) is 10.4. The fraction of sp³-hybridized carbons (Fsp3) is 0.105. The second-order valence-corrected chi connectivity index (χ2v) is 5.70. The third-order valence-corrected chi connectivity index (χ3v) is 3.93. The Morgan fingerprint density at radius 2 is 1.81 bits per heavy atom. The largest absolute Gasteiger partial charge is 0.350 e. The highest BCUT2D eigenvalue weighted by Gasteiger charge is 2.18. The minimum atomic E-state index is -0.606. The molecule has 3 rings (SSSR count). The van der Waals surface area contributed by atoms with Crippen LogP contribution in [0.1, 0.15) is 10.4 Å². The summed E-state index contributed by atoms with van der Waals surface area (Å²) in [4.78, 5) is 39.0. The topological polar surface area (TPSA) is 107 Å². The van der Waals surface area contributed by atoms with Crippen molar-refractivity contribution in [2.24, 2.45) is 0 Å². The third-order valence-electron chi connectivity index (χ3n) is 3.93. The monoisotopic (exact) mass is 364 g/mol. The summed E-state index contributed by atoms with van der Waals surface area (Å²) in [5.41, 5.74) is 0.879. The molecule has 3 aromatic rings. The Hall–Kier alpha value is -3.81. The number of hydrogen-bond donors (Lipinski definition) is 1. The Morgan fingerprint density at radius 1 is 1.11 bits per heavy atom. The van der Waals surface area contributed by atoms with E-state index in [1.165, 1.54) is 35.2 Å². The molecule has 0 aliphatic rings. The van der Waals surface area contributed by atoms with Crippen molar-refractivity contribution in [3.63, 3.8) is 0 Å². The van der Waals surface area contributed by atoms with E-state index in [9.17, 15) is 19.7 Å². The second-order valence-electron chi connectivity index (χ2n) is 5.70. The minimum absolute atomic E-state index is 0.0209. The van der Waals surface area contributed by atoms with Crippen LogP contribution in [0.2, 0.25) is 0 Å². The maximum Gasteiger partial charge on any atom is 0.282 e. The maximum atomic E-state index is 12.2. The van der Waals surface area contributed by atoms with Crippen molar-refractivity contribution in [2.75, 3.05) is 6.54 Å². The van der Waals surface area contributed by atoms with E-state index in [-0.39, 0.29) is 29.9 Å². The van der Waals surface area contributed by atoms with Crippen LogP contribution < -0.4 is 10.9 Å². The lowest BCUT2D eigenvalue weighted by Crippen LogP contribution is -2.31. The van der Waals surface area contributed by atoms with E-state index in [1.807, 2.05) is 30.3 Å². The molecule has 0 saturated carbocycles. The molecule has 0 bridgehead atoms. The summed E-state index contributed by atoms with van der Waals surface area (Å²) in [5, 5.41) is 13.6.